The molecule has 88 valence electrons. The maximum absolute atomic E-state index is 12.5. The summed E-state index contributed by atoms with van der Waals surface area (Å²) in [5.74, 6) is -2.63. The molecule has 1 saturated carbocycles. The number of nitrogens with zero attached hydrogens (tertiary/aromatic N) is 1. The van der Waals surface area contributed by atoms with Crippen LogP contribution in [0.3, 0.4) is 0 Å². The highest BCUT2D eigenvalue weighted by Crippen LogP contribution is 2.30. The standard InChI is InChI=1S/C9H16F3N3/c1-15(6-3-2-4-6)5-7(8(13)14)9(10,11)12/h6-7H,2-5H2,1H3,(H3,13,14). The van der Waals surface area contributed by atoms with Gasteiger partial charge in [-0.1, -0.05) is 6.42 Å². The van der Waals surface area contributed by atoms with Crippen molar-refractivity contribution in [2.75, 3.05) is 13.6 Å². The predicted octanol–water partition coefficient (Wildman–Crippen LogP) is 1.59. The molecule has 3 N–H and O–H groups in total. The van der Waals surface area contributed by atoms with E-state index in [0.29, 0.717) is 0 Å². The van der Waals surface area contributed by atoms with Gasteiger partial charge >= 0.3 is 6.18 Å². The number of nitrogens with two attached hydrogens (primary N) is 1. The molecule has 0 radical (unpaired) electrons. The van der Waals surface area contributed by atoms with E-state index < -0.39 is 17.9 Å². The van der Waals surface area contributed by atoms with Crippen LogP contribution in [0.15, 0.2) is 0 Å². The largest absolute Gasteiger partial charge is 0.399 e. The van der Waals surface area contributed by atoms with Gasteiger partial charge in [-0.3, -0.25) is 5.41 Å². The lowest BCUT2D eigenvalue weighted by Gasteiger charge is -2.36. The molecule has 0 heterocycles. The molecule has 0 aromatic rings. The fourth-order valence-corrected chi connectivity index (χ4v) is 1.64. The smallest absolute Gasteiger partial charge is 0.387 e. The van der Waals surface area contributed by atoms with Crippen LogP contribution in [0, 0.1) is 11.3 Å². The van der Waals surface area contributed by atoms with E-state index in [0.717, 1.165) is 19.3 Å². The molecule has 0 saturated heterocycles. The fourth-order valence-electron chi connectivity index (χ4n) is 1.64. The van der Waals surface area contributed by atoms with Crippen molar-refractivity contribution in [1.82, 2.24) is 4.90 Å². The average molecular weight is 223 g/mol. The van der Waals surface area contributed by atoms with E-state index in [-0.39, 0.29) is 12.6 Å². The van der Waals surface area contributed by atoms with Gasteiger partial charge < -0.3 is 10.6 Å². The van der Waals surface area contributed by atoms with Gasteiger partial charge in [0.15, 0.2) is 0 Å². The zero-order valence-electron chi connectivity index (χ0n) is 8.64. The van der Waals surface area contributed by atoms with Gasteiger partial charge in [0.25, 0.3) is 0 Å². The second-order valence-electron chi connectivity index (χ2n) is 4.07. The number of hydrogen-bond donors (Lipinski definition) is 2. The summed E-state index contributed by atoms with van der Waals surface area (Å²) >= 11 is 0. The molecule has 1 atom stereocenters. The minimum absolute atomic E-state index is 0.205. The first kappa shape index (κ1) is 12.3. The first-order chi connectivity index (χ1) is 6.82. The van der Waals surface area contributed by atoms with Gasteiger partial charge in [-0.15, -0.1) is 0 Å². The summed E-state index contributed by atoms with van der Waals surface area (Å²) in [4.78, 5) is 1.66. The average Bonchev–Trinajstić information content (AvgIpc) is 1.93. The van der Waals surface area contributed by atoms with Gasteiger partial charge in [0.2, 0.25) is 0 Å². The molecule has 1 rings (SSSR count). The Bertz CT molecular complexity index is 235. The fraction of sp³-hybridized carbons (Fsp3) is 0.889. The monoisotopic (exact) mass is 223 g/mol. The van der Waals surface area contributed by atoms with Crippen molar-refractivity contribution in [3.05, 3.63) is 0 Å². The zero-order valence-corrected chi connectivity index (χ0v) is 8.64. The minimum Gasteiger partial charge on any atom is -0.387 e. The maximum atomic E-state index is 12.5. The Kier molecular flexibility index (Phi) is 3.59. The molecule has 1 aliphatic rings. The van der Waals surface area contributed by atoms with Crippen molar-refractivity contribution in [2.45, 2.75) is 31.5 Å². The summed E-state index contributed by atoms with van der Waals surface area (Å²) in [7, 11) is 1.66. The van der Waals surface area contributed by atoms with Crippen LogP contribution in [-0.4, -0.2) is 36.5 Å². The van der Waals surface area contributed by atoms with Gasteiger partial charge in [0, 0.05) is 12.6 Å². The molecule has 1 unspecified atom stereocenters. The van der Waals surface area contributed by atoms with E-state index in [1.807, 2.05) is 0 Å². The molecule has 1 fully saturated rings. The van der Waals surface area contributed by atoms with Crippen LogP contribution in [0.4, 0.5) is 13.2 Å². The molecule has 1 aliphatic carbocycles. The second-order valence-corrected chi connectivity index (χ2v) is 4.07. The summed E-state index contributed by atoms with van der Waals surface area (Å²) < 4.78 is 37.4. The summed E-state index contributed by atoms with van der Waals surface area (Å²) in [5, 5.41) is 6.95. The first-order valence-corrected chi connectivity index (χ1v) is 4.93. The van der Waals surface area contributed by atoms with E-state index in [1.54, 1.807) is 11.9 Å². The number of alkyl halides is 3. The van der Waals surface area contributed by atoms with Crippen molar-refractivity contribution < 1.29 is 13.2 Å². The Balaban J connectivity index is 2.54. The summed E-state index contributed by atoms with van der Waals surface area (Å²) in [6.07, 6.45) is -1.45. The highest BCUT2D eigenvalue weighted by atomic mass is 19.4. The molecule has 0 aliphatic heterocycles. The Labute approximate surface area is 86.9 Å². The second kappa shape index (κ2) is 4.38. The van der Waals surface area contributed by atoms with Crippen molar-refractivity contribution in [1.29, 1.82) is 5.41 Å². The topological polar surface area (TPSA) is 53.1 Å². The highest BCUT2D eigenvalue weighted by molar-refractivity contribution is 5.80. The molecular formula is C9H16F3N3. The Hall–Kier alpha value is -0.780. The third kappa shape index (κ3) is 3.09. The number of nitrogens with one attached hydrogen (secondary N) is 1. The molecule has 3 nitrogen and oxygen atoms in total. The Morgan fingerprint density at radius 2 is 2.07 bits per heavy atom. The van der Waals surface area contributed by atoms with E-state index in [1.165, 1.54) is 0 Å². The lowest BCUT2D eigenvalue weighted by Crippen LogP contribution is -2.47. The van der Waals surface area contributed by atoms with E-state index in [2.05, 4.69) is 0 Å². The van der Waals surface area contributed by atoms with Gasteiger partial charge in [-0.05, 0) is 19.9 Å². The van der Waals surface area contributed by atoms with Crippen LogP contribution >= 0.6 is 0 Å². The van der Waals surface area contributed by atoms with Gasteiger partial charge in [-0.2, -0.15) is 13.2 Å². The molecule has 0 spiro atoms. The predicted molar refractivity (Wildman–Crippen MR) is 51.7 cm³/mol. The normalized spacial score (nSPS) is 20.1. The van der Waals surface area contributed by atoms with E-state index >= 15 is 0 Å². The number of hydrogen-bond acceptors (Lipinski definition) is 2. The lowest BCUT2D eigenvalue weighted by atomic mass is 9.91. The van der Waals surface area contributed by atoms with Crippen LogP contribution in [0.1, 0.15) is 19.3 Å². The molecule has 15 heavy (non-hydrogen) atoms. The zero-order chi connectivity index (χ0) is 11.6. The number of amidine groups is 1. The van der Waals surface area contributed by atoms with E-state index in [9.17, 15) is 13.2 Å². The molecule has 0 amide bonds. The van der Waals surface area contributed by atoms with Crippen LogP contribution < -0.4 is 5.73 Å². The summed E-state index contributed by atoms with van der Waals surface area (Å²) in [6.45, 7) is -0.205. The summed E-state index contributed by atoms with van der Waals surface area (Å²) in [5.41, 5.74) is 4.97. The van der Waals surface area contributed by atoms with Crippen molar-refractivity contribution >= 4 is 5.84 Å². The van der Waals surface area contributed by atoms with Crippen LogP contribution in [-0.2, 0) is 0 Å². The molecule has 0 aromatic heterocycles. The van der Waals surface area contributed by atoms with Crippen molar-refractivity contribution in [3.63, 3.8) is 0 Å². The molecule has 0 bridgehead atoms. The number of rotatable bonds is 4. The minimum atomic E-state index is -4.41. The quantitative estimate of drug-likeness (QED) is 0.561. The number of halogens is 3. The Morgan fingerprint density at radius 3 is 2.33 bits per heavy atom. The SMILES string of the molecule is CN(CC(C(=N)N)C(F)(F)F)C1CCC1. The van der Waals surface area contributed by atoms with Gasteiger partial charge in [0.1, 0.15) is 11.8 Å². The molecular weight excluding hydrogens is 207 g/mol. The maximum Gasteiger partial charge on any atom is 0.399 e. The third-order valence-electron chi connectivity index (χ3n) is 2.94. The van der Waals surface area contributed by atoms with Crippen LogP contribution in [0.25, 0.3) is 0 Å². The van der Waals surface area contributed by atoms with Crippen LogP contribution in [0.5, 0.6) is 0 Å². The van der Waals surface area contributed by atoms with E-state index in [4.69, 9.17) is 11.1 Å². The summed E-state index contributed by atoms with van der Waals surface area (Å²) in [6, 6.07) is 0.231. The lowest BCUT2D eigenvalue weighted by molar-refractivity contribution is -0.161. The third-order valence-corrected chi connectivity index (χ3v) is 2.94. The molecule has 6 heteroatoms. The first-order valence-electron chi connectivity index (χ1n) is 4.93. The van der Waals surface area contributed by atoms with Gasteiger partial charge in [-0.25, -0.2) is 0 Å². The van der Waals surface area contributed by atoms with Gasteiger partial charge in [0.05, 0.1) is 0 Å². The highest BCUT2D eigenvalue weighted by Gasteiger charge is 2.43. The van der Waals surface area contributed by atoms with Crippen LogP contribution in [0.2, 0.25) is 0 Å². The Morgan fingerprint density at radius 1 is 1.53 bits per heavy atom. The molecule has 0 aromatic carbocycles. The van der Waals surface area contributed by atoms with Crippen molar-refractivity contribution in [2.24, 2.45) is 11.7 Å². The van der Waals surface area contributed by atoms with Crippen molar-refractivity contribution in [3.8, 4) is 0 Å².